The third kappa shape index (κ3) is 2.78. The van der Waals surface area contributed by atoms with Crippen LogP contribution in [0.1, 0.15) is 15.9 Å². The Morgan fingerprint density at radius 2 is 2.00 bits per heavy atom. The third-order valence-electron chi connectivity index (χ3n) is 1.66. The molecule has 0 radical (unpaired) electrons. The van der Waals surface area contributed by atoms with Gasteiger partial charge in [-0.3, -0.25) is 4.79 Å². The van der Waals surface area contributed by atoms with Gasteiger partial charge in [0.2, 0.25) is 5.91 Å². The lowest BCUT2D eigenvalue weighted by Gasteiger charge is -1.99. The molecule has 5 heteroatoms. The number of primary amides is 1. The highest BCUT2D eigenvalue weighted by molar-refractivity contribution is 5.92. The zero-order valence-corrected chi connectivity index (χ0v) is 7.60. The summed E-state index contributed by atoms with van der Waals surface area (Å²) in [6, 6.07) is 6.85. The summed E-state index contributed by atoms with van der Waals surface area (Å²) in [5, 5.41) is 0. The third-order valence-corrected chi connectivity index (χ3v) is 1.66. The summed E-state index contributed by atoms with van der Waals surface area (Å²) in [5.41, 5.74) is 16.8. The van der Waals surface area contributed by atoms with E-state index in [1.54, 1.807) is 18.2 Å². The summed E-state index contributed by atoms with van der Waals surface area (Å²) >= 11 is 0. The van der Waals surface area contributed by atoms with Gasteiger partial charge in [0.1, 0.15) is 0 Å². The van der Waals surface area contributed by atoms with Crippen LogP contribution < -0.4 is 17.2 Å². The molecule has 14 heavy (non-hydrogen) atoms. The zero-order valence-electron chi connectivity index (χ0n) is 7.60. The molecule has 5 nitrogen and oxygen atoms in total. The predicted molar refractivity (Wildman–Crippen MR) is 54.5 cm³/mol. The fourth-order valence-electron chi connectivity index (χ4n) is 1.01. The Morgan fingerprint density at radius 1 is 1.29 bits per heavy atom. The molecule has 1 rings (SSSR count). The van der Waals surface area contributed by atoms with Gasteiger partial charge in [-0.2, -0.15) is 0 Å². The van der Waals surface area contributed by atoms with Crippen molar-refractivity contribution in [2.24, 2.45) is 22.2 Å². The first-order valence-corrected chi connectivity index (χ1v) is 4.03. The maximum atomic E-state index is 10.8. The SMILES string of the molecule is NC(=O)c1cccc(CN=C(N)N)c1. The van der Waals surface area contributed by atoms with Crippen LogP contribution in [0.5, 0.6) is 0 Å². The van der Waals surface area contributed by atoms with E-state index in [4.69, 9.17) is 17.2 Å². The summed E-state index contributed by atoms with van der Waals surface area (Å²) in [7, 11) is 0. The molecule has 0 spiro atoms. The van der Waals surface area contributed by atoms with Crippen molar-refractivity contribution >= 4 is 11.9 Å². The Kier molecular flexibility index (Phi) is 3.06. The fraction of sp³-hybridized carbons (Fsp3) is 0.111. The lowest BCUT2D eigenvalue weighted by molar-refractivity contribution is 0.1000. The van der Waals surface area contributed by atoms with E-state index in [-0.39, 0.29) is 5.96 Å². The molecule has 1 aromatic carbocycles. The molecule has 1 aromatic rings. The first kappa shape index (κ1) is 10.0. The minimum Gasteiger partial charge on any atom is -0.370 e. The Hall–Kier alpha value is -2.04. The van der Waals surface area contributed by atoms with Crippen LogP contribution in [-0.2, 0) is 6.54 Å². The Morgan fingerprint density at radius 3 is 2.57 bits per heavy atom. The van der Waals surface area contributed by atoms with Gasteiger partial charge in [-0.1, -0.05) is 12.1 Å². The molecule has 0 aliphatic carbocycles. The van der Waals surface area contributed by atoms with Gasteiger partial charge < -0.3 is 17.2 Å². The normalized spacial score (nSPS) is 9.43. The minimum atomic E-state index is -0.462. The zero-order chi connectivity index (χ0) is 10.6. The van der Waals surface area contributed by atoms with Crippen LogP contribution in [0.4, 0.5) is 0 Å². The highest BCUT2D eigenvalue weighted by Gasteiger charge is 2.00. The quantitative estimate of drug-likeness (QED) is 0.446. The molecule has 0 saturated heterocycles. The molecule has 0 saturated carbocycles. The lowest BCUT2D eigenvalue weighted by Crippen LogP contribution is -2.22. The number of rotatable bonds is 3. The van der Waals surface area contributed by atoms with Gasteiger partial charge in [-0.25, -0.2) is 4.99 Å². The van der Waals surface area contributed by atoms with E-state index in [0.29, 0.717) is 12.1 Å². The number of nitrogens with zero attached hydrogens (tertiary/aromatic N) is 1. The second-order valence-corrected chi connectivity index (χ2v) is 2.81. The van der Waals surface area contributed by atoms with Gasteiger partial charge in [0, 0.05) is 5.56 Å². The van der Waals surface area contributed by atoms with E-state index in [0.717, 1.165) is 5.56 Å². The lowest BCUT2D eigenvalue weighted by atomic mass is 10.1. The average molecular weight is 192 g/mol. The molecule has 6 N–H and O–H groups in total. The first-order valence-electron chi connectivity index (χ1n) is 4.03. The molecule has 0 aromatic heterocycles. The number of nitrogens with two attached hydrogens (primary N) is 3. The molecule has 74 valence electrons. The number of benzene rings is 1. The van der Waals surface area contributed by atoms with Crippen molar-refractivity contribution in [2.75, 3.05) is 0 Å². The Labute approximate surface area is 81.6 Å². The highest BCUT2D eigenvalue weighted by Crippen LogP contribution is 2.05. The summed E-state index contributed by atoms with van der Waals surface area (Å²) < 4.78 is 0. The first-order chi connectivity index (χ1) is 6.59. The summed E-state index contributed by atoms with van der Waals surface area (Å²) in [6.45, 7) is 0.351. The van der Waals surface area contributed by atoms with E-state index in [9.17, 15) is 4.79 Å². The van der Waals surface area contributed by atoms with Gasteiger partial charge in [-0.15, -0.1) is 0 Å². The van der Waals surface area contributed by atoms with Crippen molar-refractivity contribution in [3.05, 3.63) is 35.4 Å². The van der Waals surface area contributed by atoms with Crippen molar-refractivity contribution < 1.29 is 4.79 Å². The molecule has 0 aliphatic heterocycles. The van der Waals surface area contributed by atoms with Crippen molar-refractivity contribution in [1.29, 1.82) is 0 Å². The van der Waals surface area contributed by atoms with Crippen LogP contribution in [0, 0.1) is 0 Å². The Balaban J connectivity index is 2.84. The number of carbonyl (C=O) groups excluding carboxylic acids is 1. The number of amides is 1. The molecular formula is C9H12N4O. The van der Waals surface area contributed by atoms with E-state index in [2.05, 4.69) is 4.99 Å². The molecule has 0 heterocycles. The van der Waals surface area contributed by atoms with Gasteiger partial charge >= 0.3 is 0 Å². The Bertz CT molecular complexity index is 369. The number of aliphatic imine (C=N–C) groups is 1. The van der Waals surface area contributed by atoms with E-state index >= 15 is 0 Å². The van der Waals surface area contributed by atoms with E-state index < -0.39 is 5.91 Å². The fourth-order valence-corrected chi connectivity index (χ4v) is 1.01. The maximum absolute atomic E-state index is 10.8. The van der Waals surface area contributed by atoms with Crippen LogP contribution in [-0.4, -0.2) is 11.9 Å². The summed E-state index contributed by atoms with van der Waals surface area (Å²) in [4.78, 5) is 14.6. The highest BCUT2D eigenvalue weighted by atomic mass is 16.1. The van der Waals surface area contributed by atoms with Crippen LogP contribution in [0.2, 0.25) is 0 Å². The summed E-state index contributed by atoms with van der Waals surface area (Å²) in [5.74, 6) is -0.439. The van der Waals surface area contributed by atoms with Crippen molar-refractivity contribution in [3.63, 3.8) is 0 Å². The maximum Gasteiger partial charge on any atom is 0.248 e. The number of guanidine groups is 1. The number of hydrogen-bond donors (Lipinski definition) is 3. The second kappa shape index (κ2) is 4.27. The number of carbonyl (C=O) groups is 1. The monoisotopic (exact) mass is 192 g/mol. The van der Waals surface area contributed by atoms with Gasteiger partial charge in [0.15, 0.2) is 5.96 Å². The van der Waals surface area contributed by atoms with Crippen LogP contribution in [0.3, 0.4) is 0 Å². The van der Waals surface area contributed by atoms with Crippen molar-refractivity contribution in [3.8, 4) is 0 Å². The molecule has 0 atom stereocenters. The van der Waals surface area contributed by atoms with E-state index in [1.807, 2.05) is 6.07 Å². The largest absolute Gasteiger partial charge is 0.370 e. The van der Waals surface area contributed by atoms with Crippen LogP contribution >= 0.6 is 0 Å². The molecule has 1 amide bonds. The van der Waals surface area contributed by atoms with Gasteiger partial charge in [-0.05, 0) is 17.7 Å². The van der Waals surface area contributed by atoms with Gasteiger partial charge in [0.05, 0.1) is 6.54 Å². The minimum absolute atomic E-state index is 0.0227. The average Bonchev–Trinajstić information content (AvgIpc) is 2.15. The molecule has 0 aliphatic rings. The molecule has 0 bridgehead atoms. The standard InChI is InChI=1S/C9H12N4O/c10-8(14)7-3-1-2-6(4-7)5-13-9(11)12/h1-4H,5H2,(H2,10,14)(H4,11,12,13). The van der Waals surface area contributed by atoms with E-state index in [1.165, 1.54) is 0 Å². The smallest absolute Gasteiger partial charge is 0.248 e. The van der Waals surface area contributed by atoms with Crippen LogP contribution in [0.25, 0.3) is 0 Å². The molecular weight excluding hydrogens is 180 g/mol. The predicted octanol–water partition coefficient (Wildman–Crippen LogP) is -0.441. The summed E-state index contributed by atoms with van der Waals surface area (Å²) in [6.07, 6.45) is 0. The van der Waals surface area contributed by atoms with Crippen molar-refractivity contribution in [2.45, 2.75) is 6.54 Å². The topological polar surface area (TPSA) is 107 Å². The van der Waals surface area contributed by atoms with Gasteiger partial charge in [0.25, 0.3) is 0 Å². The van der Waals surface area contributed by atoms with Crippen LogP contribution in [0.15, 0.2) is 29.3 Å². The molecule has 0 unspecified atom stereocenters. The number of hydrogen-bond acceptors (Lipinski definition) is 2. The second-order valence-electron chi connectivity index (χ2n) is 2.81. The van der Waals surface area contributed by atoms with Crippen molar-refractivity contribution in [1.82, 2.24) is 0 Å². The molecule has 0 fully saturated rings.